The molecule has 0 aliphatic rings. The van der Waals surface area contributed by atoms with E-state index in [0.717, 1.165) is 0 Å². The Kier molecular flexibility index (Phi) is 2.54. The smallest absolute Gasteiger partial charge is 0.333 e. The molecule has 0 radical (unpaired) electrons. The lowest BCUT2D eigenvalue weighted by Crippen LogP contribution is -2.41. The number of aryl methyl sites for hydroxylation is 1. The number of nitrogens with zero attached hydrogens (tertiary/aromatic N) is 3. The maximum absolute atomic E-state index is 11.9. The summed E-state index contributed by atoms with van der Waals surface area (Å²) in [4.78, 5) is 40.8. The minimum atomic E-state index is -1.24. The number of rotatable bonds is 3. The summed E-state index contributed by atoms with van der Waals surface area (Å²) in [5.74, 6) is -1.24. The van der Waals surface area contributed by atoms with Gasteiger partial charge in [-0.2, -0.15) is 0 Å². The Morgan fingerprint density at radius 1 is 1.47 bits per heavy atom. The average molecular weight is 238 g/mol. The molecule has 2 rings (SSSR count). The van der Waals surface area contributed by atoms with Gasteiger partial charge < -0.3 is 10.1 Å². The van der Waals surface area contributed by atoms with Gasteiger partial charge in [-0.25, -0.2) is 14.3 Å². The third kappa shape index (κ3) is 1.63. The zero-order valence-corrected chi connectivity index (χ0v) is 9.01. The highest BCUT2D eigenvalue weighted by molar-refractivity contribution is 5.70. The Labute approximate surface area is 94.1 Å². The van der Waals surface area contributed by atoms with Crippen molar-refractivity contribution in [2.45, 2.75) is 20.0 Å². The SMILES string of the molecule is CCn1c(=O)n(CC(=O)O)c(=O)c2[nH]cnc21. The lowest BCUT2D eigenvalue weighted by molar-refractivity contribution is -0.137. The van der Waals surface area contributed by atoms with Gasteiger partial charge in [0.15, 0.2) is 5.65 Å². The predicted molar refractivity (Wildman–Crippen MR) is 57.9 cm³/mol. The van der Waals surface area contributed by atoms with Gasteiger partial charge in [0, 0.05) is 6.54 Å². The molecule has 0 fully saturated rings. The van der Waals surface area contributed by atoms with Crippen LogP contribution in [0.25, 0.3) is 11.2 Å². The lowest BCUT2D eigenvalue weighted by atomic mass is 10.4. The highest BCUT2D eigenvalue weighted by atomic mass is 16.4. The highest BCUT2D eigenvalue weighted by Crippen LogP contribution is 2.00. The van der Waals surface area contributed by atoms with E-state index in [4.69, 9.17) is 5.11 Å². The fourth-order valence-electron chi connectivity index (χ4n) is 1.67. The summed E-state index contributed by atoms with van der Waals surface area (Å²) in [5.41, 5.74) is -0.967. The maximum Gasteiger partial charge on any atom is 0.333 e. The van der Waals surface area contributed by atoms with E-state index < -0.39 is 23.8 Å². The molecule has 17 heavy (non-hydrogen) atoms. The number of carbonyl (C=O) groups is 1. The zero-order chi connectivity index (χ0) is 12.6. The maximum atomic E-state index is 11.9. The van der Waals surface area contributed by atoms with Gasteiger partial charge >= 0.3 is 11.7 Å². The molecule has 2 N–H and O–H groups in total. The molecule has 8 heteroatoms. The van der Waals surface area contributed by atoms with Crippen LogP contribution >= 0.6 is 0 Å². The number of aromatic amines is 1. The van der Waals surface area contributed by atoms with E-state index in [9.17, 15) is 14.4 Å². The van der Waals surface area contributed by atoms with Gasteiger partial charge in [-0.05, 0) is 6.92 Å². The van der Waals surface area contributed by atoms with Crippen LogP contribution in [0.1, 0.15) is 6.92 Å². The van der Waals surface area contributed by atoms with E-state index >= 15 is 0 Å². The fourth-order valence-corrected chi connectivity index (χ4v) is 1.67. The minimum absolute atomic E-state index is 0.132. The van der Waals surface area contributed by atoms with Crippen LogP contribution in [0.3, 0.4) is 0 Å². The van der Waals surface area contributed by atoms with E-state index in [-0.39, 0.29) is 11.2 Å². The molecular formula is C9H10N4O4. The number of imidazole rings is 1. The van der Waals surface area contributed by atoms with Crippen LogP contribution in [0.5, 0.6) is 0 Å². The molecular weight excluding hydrogens is 228 g/mol. The van der Waals surface area contributed by atoms with Crippen LogP contribution in [0.15, 0.2) is 15.9 Å². The first-order valence-electron chi connectivity index (χ1n) is 4.94. The van der Waals surface area contributed by atoms with E-state index in [1.165, 1.54) is 10.9 Å². The number of carboxylic acids is 1. The van der Waals surface area contributed by atoms with Crippen molar-refractivity contribution in [2.75, 3.05) is 0 Å². The summed E-state index contributed by atoms with van der Waals surface area (Å²) in [6.07, 6.45) is 1.29. The standard InChI is InChI=1S/C9H10N4O4/c1-2-12-7-6(10-4-11-7)8(16)13(9(12)17)3-5(14)15/h4H,2-3H2,1H3,(H,10,11)(H,14,15). The molecule has 0 unspecified atom stereocenters. The van der Waals surface area contributed by atoms with Crippen LogP contribution in [0.4, 0.5) is 0 Å². The Morgan fingerprint density at radius 2 is 2.18 bits per heavy atom. The van der Waals surface area contributed by atoms with Crippen molar-refractivity contribution in [3.8, 4) is 0 Å². The van der Waals surface area contributed by atoms with E-state index in [1.807, 2.05) is 0 Å². The van der Waals surface area contributed by atoms with Crippen molar-refractivity contribution in [1.82, 2.24) is 19.1 Å². The third-order valence-corrected chi connectivity index (χ3v) is 2.41. The van der Waals surface area contributed by atoms with E-state index in [2.05, 4.69) is 9.97 Å². The molecule has 0 saturated heterocycles. The highest BCUT2D eigenvalue weighted by Gasteiger charge is 2.15. The summed E-state index contributed by atoms with van der Waals surface area (Å²) >= 11 is 0. The van der Waals surface area contributed by atoms with Crippen molar-refractivity contribution in [2.24, 2.45) is 0 Å². The topological polar surface area (TPSA) is 110 Å². The normalized spacial score (nSPS) is 10.9. The van der Waals surface area contributed by atoms with Crippen molar-refractivity contribution in [1.29, 1.82) is 0 Å². The first-order chi connectivity index (χ1) is 8.06. The molecule has 0 atom stereocenters. The number of hydrogen-bond donors (Lipinski definition) is 2. The molecule has 90 valence electrons. The van der Waals surface area contributed by atoms with Crippen LogP contribution in [0, 0.1) is 0 Å². The molecule has 0 saturated carbocycles. The van der Waals surface area contributed by atoms with Crippen molar-refractivity contribution < 1.29 is 9.90 Å². The summed E-state index contributed by atoms with van der Waals surface area (Å²) in [6, 6.07) is 0. The minimum Gasteiger partial charge on any atom is -0.480 e. The van der Waals surface area contributed by atoms with Gasteiger partial charge in [0.25, 0.3) is 5.56 Å². The summed E-state index contributed by atoms with van der Waals surface area (Å²) in [5, 5.41) is 8.67. The Balaban J connectivity index is 2.88. The Morgan fingerprint density at radius 3 is 2.76 bits per heavy atom. The van der Waals surface area contributed by atoms with Crippen molar-refractivity contribution >= 4 is 17.1 Å². The predicted octanol–water partition coefficient (Wildman–Crippen LogP) is -1.01. The molecule has 0 aliphatic heterocycles. The second-order valence-electron chi connectivity index (χ2n) is 3.41. The Bertz CT molecular complexity index is 693. The molecule has 8 nitrogen and oxygen atoms in total. The van der Waals surface area contributed by atoms with E-state index in [1.54, 1.807) is 6.92 Å². The number of H-pyrrole nitrogens is 1. The first kappa shape index (κ1) is 11.1. The molecule has 2 aromatic heterocycles. The number of aromatic nitrogens is 4. The van der Waals surface area contributed by atoms with Crippen LogP contribution in [-0.2, 0) is 17.9 Å². The molecule has 0 amide bonds. The van der Waals surface area contributed by atoms with Gasteiger partial charge in [0.2, 0.25) is 0 Å². The van der Waals surface area contributed by atoms with Crippen LogP contribution < -0.4 is 11.2 Å². The second-order valence-corrected chi connectivity index (χ2v) is 3.41. The molecule has 2 aromatic rings. The largest absolute Gasteiger partial charge is 0.480 e. The average Bonchev–Trinajstić information content (AvgIpc) is 2.73. The van der Waals surface area contributed by atoms with Gasteiger partial charge in [-0.1, -0.05) is 0 Å². The number of aliphatic carboxylic acids is 1. The number of carboxylic acid groups (broad SMARTS) is 1. The summed E-state index contributed by atoms with van der Waals surface area (Å²) in [7, 11) is 0. The van der Waals surface area contributed by atoms with Crippen molar-refractivity contribution in [3.05, 3.63) is 27.2 Å². The zero-order valence-electron chi connectivity index (χ0n) is 9.01. The number of fused-ring (bicyclic) bond motifs is 1. The van der Waals surface area contributed by atoms with Crippen molar-refractivity contribution in [3.63, 3.8) is 0 Å². The molecule has 0 aliphatic carbocycles. The Hall–Kier alpha value is -2.38. The summed E-state index contributed by atoms with van der Waals surface area (Å²) in [6.45, 7) is 1.36. The third-order valence-electron chi connectivity index (χ3n) is 2.41. The molecule has 0 spiro atoms. The van der Waals surface area contributed by atoms with Crippen LogP contribution in [-0.4, -0.2) is 30.2 Å². The van der Waals surface area contributed by atoms with E-state index in [0.29, 0.717) is 11.1 Å². The summed E-state index contributed by atoms with van der Waals surface area (Å²) < 4.78 is 1.92. The first-order valence-corrected chi connectivity index (χ1v) is 4.94. The second kappa shape index (κ2) is 3.89. The van der Waals surface area contributed by atoms with Gasteiger partial charge in [0.1, 0.15) is 12.1 Å². The number of nitrogens with one attached hydrogen (secondary N) is 1. The quantitative estimate of drug-likeness (QED) is 0.712. The fraction of sp³-hybridized carbons (Fsp3) is 0.333. The van der Waals surface area contributed by atoms with Crippen LogP contribution in [0.2, 0.25) is 0 Å². The van der Waals surface area contributed by atoms with Gasteiger partial charge in [0.05, 0.1) is 6.33 Å². The molecule has 2 heterocycles. The lowest BCUT2D eigenvalue weighted by Gasteiger charge is -2.07. The molecule has 0 aromatic carbocycles. The van der Waals surface area contributed by atoms with Gasteiger partial charge in [-0.3, -0.25) is 14.2 Å². The molecule has 0 bridgehead atoms. The monoisotopic (exact) mass is 238 g/mol. The number of hydrogen-bond acceptors (Lipinski definition) is 4. The van der Waals surface area contributed by atoms with Gasteiger partial charge in [-0.15, -0.1) is 0 Å².